The predicted molar refractivity (Wildman–Crippen MR) is 273 cm³/mol. The summed E-state index contributed by atoms with van der Waals surface area (Å²) in [7, 11) is 0. The van der Waals surface area contributed by atoms with E-state index in [9.17, 15) is 42.7 Å². The number of ether oxygens (including phenoxy) is 1. The molecule has 15 nitrogen and oxygen atoms in total. The molecule has 2 aliphatic heterocycles. The van der Waals surface area contributed by atoms with E-state index in [-0.39, 0.29) is 42.8 Å². The van der Waals surface area contributed by atoms with Crippen LogP contribution in [0.3, 0.4) is 0 Å². The number of nitrogens with one attached hydrogen (secondary N) is 3. The number of alkyl halides is 3. The summed E-state index contributed by atoms with van der Waals surface area (Å²) in [6.07, 6.45) is -2.57. The lowest BCUT2D eigenvalue weighted by Crippen LogP contribution is -2.58. The lowest BCUT2D eigenvalue weighted by molar-refractivity contribution is -0.144. The minimum absolute atomic E-state index is 0.00112. The Morgan fingerprint density at radius 2 is 1.65 bits per heavy atom. The van der Waals surface area contributed by atoms with Crippen molar-refractivity contribution in [2.75, 3.05) is 41.4 Å². The molecule has 2 aromatic heterocycles. The van der Waals surface area contributed by atoms with Crippen molar-refractivity contribution >= 4 is 69.5 Å². The number of halogens is 3. The lowest BCUT2D eigenvalue weighted by Gasteiger charge is -2.35. The predicted octanol–water partition coefficient (Wildman–Crippen LogP) is 8.01. The largest absolute Gasteiger partial charge is 0.417 e. The highest BCUT2D eigenvalue weighted by atomic mass is 32.1. The van der Waals surface area contributed by atoms with Crippen molar-refractivity contribution in [2.45, 2.75) is 97.3 Å². The van der Waals surface area contributed by atoms with Crippen LogP contribution < -0.4 is 25.8 Å². The molecule has 2 aliphatic rings. The second-order valence-electron chi connectivity index (χ2n) is 19.3. The summed E-state index contributed by atoms with van der Waals surface area (Å²) in [6, 6.07) is 21.5. The van der Waals surface area contributed by atoms with E-state index >= 15 is 0 Å². The van der Waals surface area contributed by atoms with E-state index < -0.39 is 64.2 Å². The van der Waals surface area contributed by atoms with E-state index in [1.165, 1.54) is 11.0 Å². The molecule has 2 saturated heterocycles. The summed E-state index contributed by atoms with van der Waals surface area (Å²) >= 11 is 7.23. The van der Waals surface area contributed by atoms with Crippen LogP contribution in [0.15, 0.2) is 90.6 Å². The van der Waals surface area contributed by atoms with Crippen molar-refractivity contribution in [3.63, 3.8) is 0 Å². The van der Waals surface area contributed by atoms with Gasteiger partial charge in [0.05, 0.1) is 45.1 Å². The highest BCUT2D eigenvalue weighted by molar-refractivity contribution is 7.81. The van der Waals surface area contributed by atoms with E-state index in [0.717, 1.165) is 49.9 Å². The summed E-state index contributed by atoms with van der Waals surface area (Å²) in [6.45, 7) is 11.5. The number of benzene rings is 3. The first-order chi connectivity index (χ1) is 34.1. The van der Waals surface area contributed by atoms with Crippen molar-refractivity contribution in [1.82, 2.24) is 25.5 Å². The number of β-amino-alcohol motifs (C(OH)–C–C–N with tert-alkyl or cyclic N) is 1. The molecular formula is C52H56F3N9O6S2. The second kappa shape index (κ2) is 21.9. The zero-order valence-electron chi connectivity index (χ0n) is 40.7. The molecule has 0 aliphatic carbocycles. The lowest BCUT2D eigenvalue weighted by atomic mass is 9.85. The van der Waals surface area contributed by atoms with Crippen LogP contribution in [0.1, 0.15) is 76.3 Å². The smallest absolute Gasteiger partial charge is 0.391 e. The van der Waals surface area contributed by atoms with Crippen molar-refractivity contribution in [1.29, 1.82) is 5.26 Å². The number of rotatable bonds is 17. The number of aromatic nitrogens is 2. The first-order valence-electron chi connectivity index (χ1n) is 23.3. The van der Waals surface area contributed by atoms with Gasteiger partial charge in [0.15, 0.2) is 5.11 Å². The van der Waals surface area contributed by atoms with Gasteiger partial charge in [-0.1, -0.05) is 57.2 Å². The number of thiazole rings is 1. The fraction of sp³-hybridized carbons (Fsp3) is 0.385. The summed E-state index contributed by atoms with van der Waals surface area (Å²) < 4.78 is 47.0. The van der Waals surface area contributed by atoms with Crippen molar-refractivity contribution in [2.24, 2.45) is 5.41 Å². The average molecular weight is 1020 g/mol. The van der Waals surface area contributed by atoms with Gasteiger partial charge in [-0.2, -0.15) is 18.4 Å². The highest BCUT2D eigenvalue weighted by Crippen LogP contribution is 2.40. The number of aliphatic hydroxyl groups is 1. The molecule has 7 rings (SSSR count). The number of aryl methyl sites for hydroxylation is 1. The van der Waals surface area contributed by atoms with Crippen LogP contribution >= 0.6 is 23.6 Å². The van der Waals surface area contributed by atoms with Crippen LogP contribution in [0, 0.1) is 23.7 Å². The summed E-state index contributed by atoms with van der Waals surface area (Å²) in [5, 5.41) is 28.8. The maximum Gasteiger partial charge on any atom is 0.417 e. The van der Waals surface area contributed by atoms with Crippen LogP contribution in [0.5, 0.6) is 0 Å². The van der Waals surface area contributed by atoms with E-state index in [1.807, 2.05) is 76.2 Å². The number of carbonyl (C=O) groups is 4. The number of thiocarbonyl (C=S) groups is 1. The molecule has 4 heterocycles. The zero-order chi connectivity index (χ0) is 52.1. The Morgan fingerprint density at radius 3 is 2.28 bits per heavy atom. The van der Waals surface area contributed by atoms with Crippen molar-refractivity contribution in [3.05, 3.63) is 113 Å². The van der Waals surface area contributed by atoms with Crippen molar-refractivity contribution in [3.8, 4) is 27.6 Å². The fourth-order valence-corrected chi connectivity index (χ4v) is 9.96. The molecular weight excluding hydrogens is 968 g/mol. The number of anilines is 3. The van der Waals surface area contributed by atoms with Crippen LogP contribution in [0.2, 0.25) is 0 Å². The molecule has 5 aromatic rings. The van der Waals surface area contributed by atoms with Gasteiger partial charge < -0.3 is 35.6 Å². The maximum absolute atomic E-state index is 14.0. The van der Waals surface area contributed by atoms with Gasteiger partial charge in [-0.25, -0.2) is 9.97 Å². The SMILES string of the molecule is Cc1ncsc1-c1ccc(CNC(=O)[C@@H]2C[C@@H](O)CN2C(=O)[C@@H](NC(=O)COCCCCNc2ccc(-c3ccc(N4C(=S)N(c5ccc(C#N)c(C(F)(F)F)c5)C(=O)C4(C)C)cc3)cn2)C(C)(C)C)cc1. The molecule has 378 valence electrons. The average Bonchev–Trinajstić information content (AvgIpc) is 4.01. The van der Waals surface area contributed by atoms with Gasteiger partial charge in [0.25, 0.3) is 5.91 Å². The van der Waals surface area contributed by atoms with Gasteiger partial charge in [0.2, 0.25) is 17.7 Å². The zero-order valence-corrected chi connectivity index (χ0v) is 42.3. The topological polar surface area (TPSA) is 193 Å². The number of likely N-dealkylation sites (tertiary alicyclic amines) is 1. The third kappa shape index (κ3) is 11.9. The quantitative estimate of drug-likeness (QED) is 0.0519. The Morgan fingerprint density at radius 1 is 0.972 bits per heavy atom. The van der Waals surface area contributed by atoms with Crippen LogP contribution in [0.4, 0.5) is 30.4 Å². The Balaban J connectivity index is 0.841. The summed E-state index contributed by atoms with van der Waals surface area (Å²) in [5.74, 6) is -1.20. The van der Waals surface area contributed by atoms with Crippen LogP contribution in [-0.4, -0.2) is 98.7 Å². The Kier molecular flexibility index (Phi) is 16.1. The van der Waals surface area contributed by atoms with E-state index in [1.54, 1.807) is 60.0 Å². The van der Waals surface area contributed by atoms with Gasteiger partial charge in [0, 0.05) is 50.1 Å². The molecule has 3 atom stereocenters. The first-order valence-corrected chi connectivity index (χ1v) is 24.6. The van der Waals surface area contributed by atoms with Gasteiger partial charge in [-0.15, -0.1) is 11.3 Å². The minimum atomic E-state index is -4.81. The molecule has 2 fully saturated rings. The number of carbonyl (C=O) groups excluding carboxylic acids is 4. The monoisotopic (exact) mass is 1020 g/mol. The molecule has 3 aromatic carbocycles. The fourth-order valence-electron chi connectivity index (χ4n) is 8.63. The third-order valence-corrected chi connectivity index (χ3v) is 13.9. The normalized spacial score (nSPS) is 17.2. The third-order valence-electron chi connectivity index (χ3n) is 12.5. The number of hydrogen-bond donors (Lipinski definition) is 4. The molecule has 0 saturated carbocycles. The Labute approximate surface area is 425 Å². The van der Waals surface area contributed by atoms with Gasteiger partial charge in [-0.05, 0) is 110 Å². The van der Waals surface area contributed by atoms with E-state index in [2.05, 4.69) is 25.9 Å². The molecule has 0 radical (unpaired) electrons. The Hall–Kier alpha value is -6.79. The Bertz CT molecular complexity index is 2850. The number of unbranched alkanes of at least 4 members (excludes halogenated alkanes) is 1. The van der Waals surface area contributed by atoms with Crippen LogP contribution in [0.25, 0.3) is 21.6 Å². The highest BCUT2D eigenvalue weighted by Gasteiger charge is 2.51. The van der Waals surface area contributed by atoms with Gasteiger partial charge in [-0.3, -0.25) is 24.1 Å². The van der Waals surface area contributed by atoms with Gasteiger partial charge in [0.1, 0.15) is 30.0 Å². The number of aliphatic hydroxyl groups excluding tert-OH is 1. The standard InChI is InChI=1S/C52H56F3N9O6S2/c1-31-44(72-30-60-31)34-11-9-32(10-12-34)26-59-46(67)41-24-39(65)28-62(41)47(68)45(50(2,3)4)61-43(66)29-70-22-8-7-21-57-42-20-16-36(27-58-42)33-13-17-37(18-14-33)64-49(71)63(48(69)51(64,5)6)38-19-15-35(25-56)40(23-38)52(53,54)55/h9-20,23,27,30,39,41,45,65H,7-8,21-22,24,26,28-29H2,1-6H3,(H,57,58)(H,59,67)(H,61,66)/t39-,41+,45-/m1/s1. The molecule has 0 spiro atoms. The van der Waals surface area contributed by atoms with Crippen LogP contribution in [-0.2, 0) is 36.6 Å². The first kappa shape index (κ1) is 53.0. The molecule has 0 unspecified atom stereocenters. The molecule has 20 heteroatoms. The van der Waals surface area contributed by atoms with E-state index in [4.69, 9.17) is 17.0 Å². The summed E-state index contributed by atoms with van der Waals surface area (Å²) in [4.78, 5) is 68.1. The maximum atomic E-state index is 14.0. The number of hydrogen-bond acceptors (Lipinski definition) is 12. The number of nitrogens with zero attached hydrogens (tertiary/aromatic N) is 6. The molecule has 0 bridgehead atoms. The van der Waals surface area contributed by atoms with Gasteiger partial charge >= 0.3 is 6.18 Å². The minimum Gasteiger partial charge on any atom is -0.391 e. The number of pyridine rings is 1. The second-order valence-corrected chi connectivity index (χ2v) is 20.5. The molecule has 72 heavy (non-hydrogen) atoms. The molecule has 4 N–H and O–H groups in total. The number of amides is 4. The number of nitriles is 1. The van der Waals surface area contributed by atoms with Crippen molar-refractivity contribution < 1.29 is 42.2 Å². The van der Waals surface area contributed by atoms with E-state index in [0.29, 0.717) is 37.5 Å². The summed E-state index contributed by atoms with van der Waals surface area (Å²) in [5.41, 5.74) is 3.11. The molecule has 4 amide bonds.